The van der Waals surface area contributed by atoms with Crippen LogP contribution in [0.2, 0.25) is 10.0 Å². The second-order valence-electron chi connectivity index (χ2n) is 3.76. The first kappa shape index (κ1) is 15.9. The molecule has 0 saturated heterocycles. The molecular formula is C11H12Cl3N3O2. The van der Waals surface area contributed by atoms with Crippen molar-refractivity contribution in [1.82, 2.24) is 4.90 Å². The molecule has 2 N–H and O–H groups in total. The Hall–Kier alpha value is -1.17. The van der Waals surface area contributed by atoms with Crippen molar-refractivity contribution in [2.45, 2.75) is 6.54 Å². The van der Waals surface area contributed by atoms with Crippen LogP contribution in [0.5, 0.6) is 0 Å². The number of hydrogen-bond acceptors (Lipinski definition) is 5. The van der Waals surface area contributed by atoms with Gasteiger partial charge in [0.05, 0.1) is 29.4 Å². The molecule has 0 amide bonds. The highest BCUT2D eigenvalue weighted by molar-refractivity contribution is 6.42. The van der Waals surface area contributed by atoms with Gasteiger partial charge in [0.1, 0.15) is 6.54 Å². The van der Waals surface area contributed by atoms with E-state index in [1.54, 1.807) is 17.0 Å². The van der Waals surface area contributed by atoms with Gasteiger partial charge in [0.25, 0.3) is 0 Å². The molecule has 0 radical (unpaired) electrons. The summed E-state index contributed by atoms with van der Waals surface area (Å²) in [5.41, 5.74) is 7.20. The smallest absolute Gasteiger partial charge is 0.325 e. The molecule has 1 aromatic rings. The summed E-state index contributed by atoms with van der Waals surface area (Å²) in [5, 5.41) is 0.879. The SMILES string of the molecule is COC(=O)CN1Cc2c(ccc(Cl)c2Cl)N=C1N.Cl. The molecule has 8 heteroatoms. The number of esters is 1. The predicted octanol–water partition coefficient (Wildman–Crippen LogP) is 2.35. The number of guanidine groups is 1. The second-order valence-corrected chi connectivity index (χ2v) is 4.55. The zero-order valence-corrected chi connectivity index (χ0v) is 12.3. The molecular weight excluding hydrogens is 312 g/mol. The van der Waals surface area contributed by atoms with Crippen LogP contribution in [0.1, 0.15) is 5.56 Å². The minimum atomic E-state index is -0.394. The molecule has 0 aliphatic carbocycles. The summed E-state index contributed by atoms with van der Waals surface area (Å²) in [6.45, 7) is 0.396. The zero-order chi connectivity index (χ0) is 13.3. The number of ether oxygens (including phenoxy) is 1. The molecule has 0 bridgehead atoms. The Morgan fingerprint density at radius 3 is 2.84 bits per heavy atom. The lowest BCUT2D eigenvalue weighted by Crippen LogP contribution is -2.42. The molecule has 19 heavy (non-hydrogen) atoms. The Kier molecular flexibility index (Phi) is 5.29. The van der Waals surface area contributed by atoms with E-state index < -0.39 is 5.97 Å². The summed E-state index contributed by atoms with van der Waals surface area (Å²) < 4.78 is 4.59. The minimum Gasteiger partial charge on any atom is -0.468 e. The number of hydrogen-bond donors (Lipinski definition) is 1. The van der Waals surface area contributed by atoms with Crippen molar-refractivity contribution in [2.75, 3.05) is 13.7 Å². The number of fused-ring (bicyclic) bond motifs is 1. The number of carbonyl (C=O) groups excluding carboxylic acids is 1. The van der Waals surface area contributed by atoms with Gasteiger partial charge in [-0.2, -0.15) is 0 Å². The molecule has 0 fully saturated rings. The summed E-state index contributed by atoms with van der Waals surface area (Å²) in [7, 11) is 1.32. The van der Waals surface area contributed by atoms with Crippen molar-refractivity contribution >= 4 is 53.2 Å². The van der Waals surface area contributed by atoms with Crippen molar-refractivity contribution in [2.24, 2.45) is 10.7 Å². The molecule has 104 valence electrons. The Morgan fingerprint density at radius 1 is 1.53 bits per heavy atom. The fourth-order valence-corrected chi connectivity index (χ4v) is 2.06. The number of rotatable bonds is 2. The number of carbonyl (C=O) groups is 1. The lowest BCUT2D eigenvalue weighted by atomic mass is 10.1. The summed E-state index contributed by atoms with van der Waals surface area (Å²) in [5.74, 6) is -0.138. The van der Waals surface area contributed by atoms with Gasteiger partial charge in [-0.1, -0.05) is 23.2 Å². The van der Waals surface area contributed by atoms with Crippen LogP contribution in [0, 0.1) is 0 Å². The number of benzene rings is 1. The number of nitrogens with two attached hydrogens (primary N) is 1. The summed E-state index contributed by atoms with van der Waals surface area (Å²) in [4.78, 5) is 17.0. The van der Waals surface area contributed by atoms with E-state index in [1.807, 2.05) is 0 Å². The summed E-state index contributed by atoms with van der Waals surface area (Å²) >= 11 is 12.1. The van der Waals surface area contributed by atoms with Crippen LogP contribution in [0.4, 0.5) is 5.69 Å². The third-order valence-electron chi connectivity index (χ3n) is 2.63. The van der Waals surface area contributed by atoms with E-state index in [-0.39, 0.29) is 24.9 Å². The zero-order valence-electron chi connectivity index (χ0n) is 10.0. The number of nitrogens with zero attached hydrogens (tertiary/aromatic N) is 2. The first-order valence-electron chi connectivity index (χ1n) is 5.15. The van der Waals surface area contributed by atoms with Crippen molar-refractivity contribution < 1.29 is 9.53 Å². The van der Waals surface area contributed by atoms with Crippen LogP contribution in [-0.4, -0.2) is 30.5 Å². The highest BCUT2D eigenvalue weighted by atomic mass is 35.5. The van der Waals surface area contributed by atoms with E-state index >= 15 is 0 Å². The van der Waals surface area contributed by atoms with E-state index in [1.165, 1.54) is 7.11 Å². The average Bonchev–Trinajstić information content (AvgIpc) is 2.36. The summed E-state index contributed by atoms with van der Waals surface area (Å²) in [6.07, 6.45) is 0. The van der Waals surface area contributed by atoms with Crippen LogP contribution in [0.15, 0.2) is 17.1 Å². The average molecular weight is 325 g/mol. The van der Waals surface area contributed by atoms with E-state index in [4.69, 9.17) is 28.9 Å². The Bertz CT molecular complexity index is 534. The van der Waals surface area contributed by atoms with Gasteiger partial charge in [-0.3, -0.25) is 4.79 Å². The van der Waals surface area contributed by atoms with E-state index in [2.05, 4.69) is 9.73 Å². The normalized spacial score (nSPS) is 13.2. The quantitative estimate of drug-likeness (QED) is 0.848. The van der Waals surface area contributed by atoms with Crippen molar-refractivity contribution in [3.8, 4) is 0 Å². The van der Waals surface area contributed by atoms with Crippen molar-refractivity contribution in [1.29, 1.82) is 0 Å². The lowest BCUT2D eigenvalue weighted by Gasteiger charge is -2.27. The van der Waals surface area contributed by atoms with Crippen LogP contribution < -0.4 is 5.73 Å². The number of halogens is 3. The number of methoxy groups -OCH3 is 1. The van der Waals surface area contributed by atoms with Crippen molar-refractivity contribution in [3.05, 3.63) is 27.7 Å². The van der Waals surface area contributed by atoms with Gasteiger partial charge in [-0.05, 0) is 12.1 Å². The third-order valence-corrected chi connectivity index (χ3v) is 3.47. The maximum atomic E-state index is 11.3. The predicted molar refractivity (Wildman–Crippen MR) is 77.4 cm³/mol. The molecule has 0 atom stereocenters. The van der Waals surface area contributed by atoms with Gasteiger partial charge in [-0.25, -0.2) is 4.99 Å². The lowest BCUT2D eigenvalue weighted by molar-refractivity contribution is -0.141. The molecule has 0 unspecified atom stereocenters. The second kappa shape index (κ2) is 6.32. The molecule has 1 aliphatic rings. The highest BCUT2D eigenvalue weighted by Crippen LogP contribution is 2.36. The Balaban J connectivity index is 0.00000180. The highest BCUT2D eigenvalue weighted by Gasteiger charge is 2.23. The van der Waals surface area contributed by atoms with Gasteiger partial charge in [-0.15, -0.1) is 12.4 Å². The van der Waals surface area contributed by atoms with E-state index in [0.29, 0.717) is 22.3 Å². The van der Waals surface area contributed by atoms with Crippen LogP contribution in [-0.2, 0) is 16.1 Å². The van der Waals surface area contributed by atoms with Gasteiger partial charge in [0, 0.05) is 5.56 Å². The molecule has 2 rings (SSSR count). The first-order chi connectivity index (χ1) is 8.52. The molecule has 5 nitrogen and oxygen atoms in total. The van der Waals surface area contributed by atoms with Gasteiger partial charge >= 0.3 is 5.97 Å². The van der Waals surface area contributed by atoms with E-state index in [0.717, 1.165) is 5.56 Å². The Labute approximate surface area is 126 Å². The number of aliphatic imine (C=N–C) groups is 1. The fraction of sp³-hybridized carbons (Fsp3) is 0.273. The van der Waals surface area contributed by atoms with Gasteiger partial charge < -0.3 is 15.4 Å². The molecule has 0 saturated carbocycles. The molecule has 1 heterocycles. The van der Waals surface area contributed by atoms with Crippen LogP contribution >= 0.6 is 35.6 Å². The van der Waals surface area contributed by atoms with Gasteiger partial charge in [0.2, 0.25) is 0 Å². The largest absolute Gasteiger partial charge is 0.468 e. The Morgan fingerprint density at radius 2 is 2.21 bits per heavy atom. The van der Waals surface area contributed by atoms with Crippen LogP contribution in [0.3, 0.4) is 0 Å². The maximum absolute atomic E-state index is 11.3. The monoisotopic (exact) mass is 323 g/mol. The first-order valence-corrected chi connectivity index (χ1v) is 5.91. The maximum Gasteiger partial charge on any atom is 0.325 e. The summed E-state index contributed by atoms with van der Waals surface area (Å²) in [6, 6.07) is 3.40. The fourth-order valence-electron chi connectivity index (χ4n) is 1.66. The van der Waals surface area contributed by atoms with Crippen LogP contribution in [0.25, 0.3) is 0 Å². The topological polar surface area (TPSA) is 67.9 Å². The molecule has 0 spiro atoms. The third kappa shape index (κ3) is 3.23. The molecule has 1 aromatic carbocycles. The molecule has 0 aromatic heterocycles. The minimum absolute atomic E-state index is 0. The molecule has 1 aliphatic heterocycles. The standard InChI is InChI=1S/C11H11Cl2N3O2.ClH/c1-18-9(17)5-16-4-6-8(15-11(16)14)3-2-7(12)10(6)13;/h2-3H,4-5H2,1H3,(H2,14,15);1H. The van der Waals surface area contributed by atoms with Crippen molar-refractivity contribution in [3.63, 3.8) is 0 Å². The van der Waals surface area contributed by atoms with E-state index in [9.17, 15) is 4.79 Å². The van der Waals surface area contributed by atoms with Gasteiger partial charge in [0.15, 0.2) is 5.96 Å².